The van der Waals surface area contributed by atoms with Gasteiger partial charge < -0.3 is 10.6 Å². The van der Waals surface area contributed by atoms with Crippen LogP contribution >= 0.6 is 11.6 Å². The average molecular weight is 424 g/mol. The monoisotopic (exact) mass is 423 g/mol. The molecule has 0 unspecified atom stereocenters. The normalized spacial score (nSPS) is 11.3. The van der Waals surface area contributed by atoms with Crippen LogP contribution in [0.25, 0.3) is 0 Å². The molecule has 0 radical (unpaired) electrons. The Morgan fingerprint density at radius 3 is 2.32 bits per heavy atom. The lowest BCUT2D eigenvalue weighted by Crippen LogP contribution is -2.41. The van der Waals surface area contributed by atoms with E-state index in [1.165, 1.54) is 19.2 Å². The molecule has 0 aliphatic rings. The largest absolute Gasteiger partial charge is 0.346 e. The van der Waals surface area contributed by atoms with E-state index in [9.17, 15) is 18.0 Å². The van der Waals surface area contributed by atoms with Crippen LogP contribution in [0.2, 0.25) is 5.02 Å². The first-order valence-electron chi connectivity index (χ1n) is 8.46. The molecule has 2 amide bonds. The minimum Gasteiger partial charge on any atom is -0.346 e. The van der Waals surface area contributed by atoms with Gasteiger partial charge in [0, 0.05) is 17.8 Å². The second-order valence-corrected chi connectivity index (χ2v) is 8.76. The molecule has 2 N–H and O–H groups in total. The SMILES string of the molecule is Cc1ccc(S(=O)(=O)N(C)CC(=O)NCC(=O)Nc2cccc(Cl)c2C)cc1. The van der Waals surface area contributed by atoms with Gasteiger partial charge in [-0.05, 0) is 43.7 Å². The smallest absolute Gasteiger partial charge is 0.243 e. The van der Waals surface area contributed by atoms with Gasteiger partial charge in [0.1, 0.15) is 0 Å². The van der Waals surface area contributed by atoms with Crippen LogP contribution in [0.3, 0.4) is 0 Å². The van der Waals surface area contributed by atoms with Crippen LogP contribution in [-0.4, -0.2) is 44.7 Å². The summed E-state index contributed by atoms with van der Waals surface area (Å²) in [5, 5.41) is 5.58. The van der Waals surface area contributed by atoms with Crippen LogP contribution in [-0.2, 0) is 19.6 Å². The van der Waals surface area contributed by atoms with Gasteiger partial charge in [-0.2, -0.15) is 4.31 Å². The third-order valence-corrected chi connectivity index (χ3v) is 6.31. The van der Waals surface area contributed by atoms with Crippen molar-refractivity contribution < 1.29 is 18.0 Å². The van der Waals surface area contributed by atoms with Gasteiger partial charge in [-0.15, -0.1) is 0 Å². The predicted octanol–water partition coefficient (Wildman–Crippen LogP) is 2.33. The highest BCUT2D eigenvalue weighted by atomic mass is 35.5. The third kappa shape index (κ3) is 5.54. The molecule has 0 aliphatic heterocycles. The lowest BCUT2D eigenvalue weighted by atomic mass is 10.2. The fraction of sp³-hybridized carbons (Fsp3) is 0.263. The minimum atomic E-state index is -3.79. The van der Waals surface area contributed by atoms with Crippen molar-refractivity contribution in [3.8, 4) is 0 Å². The second-order valence-electron chi connectivity index (χ2n) is 6.31. The Hall–Kier alpha value is -2.42. The fourth-order valence-electron chi connectivity index (χ4n) is 2.35. The number of benzene rings is 2. The number of hydrogen-bond donors (Lipinski definition) is 2. The van der Waals surface area contributed by atoms with Crippen molar-refractivity contribution in [2.45, 2.75) is 18.7 Å². The van der Waals surface area contributed by atoms with Gasteiger partial charge in [-0.3, -0.25) is 9.59 Å². The molecule has 0 bridgehead atoms. The molecule has 2 rings (SSSR count). The standard InChI is InChI=1S/C19H22ClN3O4S/c1-13-7-9-15(10-8-13)28(26,27)23(3)12-19(25)21-11-18(24)22-17-6-4-5-16(20)14(17)2/h4-10H,11-12H2,1-3H3,(H,21,25)(H,22,24). The first kappa shape index (κ1) is 21.9. The van der Waals surface area contributed by atoms with E-state index in [-0.39, 0.29) is 11.4 Å². The molecule has 0 saturated heterocycles. The molecule has 2 aromatic carbocycles. The molecular formula is C19H22ClN3O4S. The number of carbonyl (C=O) groups excluding carboxylic acids is 2. The molecule has 2 aromatic rings. The van der Waals surface area contributed by atoms with Crippen LogP contribution in [0.4, 0.5) is 5.69 Å². The predicted molar refractivity (Wildman–Crippen MR) is 109 cm³/mol. The molecule has 28 heavy (non-hydrogen) atoms. The van der Waals surface area contributed by atoms with Crippen LogP contribution in [0.1, 0.15) is 11.1 Å². The number of nitrogens with one attached hydrogen (secondary N) is 2. The van der Waals surface area contributed by atoms with Crippen LogP contribution in [0.5, 0.6) is 0 Å². The van der Waals surface area contributed by atoms with E-state index in [1.807, 2.05) is 6.92 Å². The zero-order chi connectivity index (χ0) is 20.9. The summed E-state index contributed by atoms with van der Waals surface area (Å²) < 4.78 is 25.9. The maximum Gasteiger partial charge on any atom is 0.243 e. The molecule has 0 aromatic heterocycles. The number of halogens is 1. The number of carbonyl (C=O) groups is 2. The van der Waals surface area contributed by atoms with Gasteiger partial charge in [0.15, 0.2) is 0 Å². The Labute approximate surface area is 169 Å². The van der Waals surface area contributed by atoms with Crippen molar-refractivity contribution in [3.05, 3.63) is 58.6 Å². The molecule has 9 heteroatoms. The highest BCUT2D eigenvalue weighted by Crippen LogP contribution is 2.22. The molecule has 0 fully saturated rings. The van der Waals surface area contributed by atoms with Crippen molar-refractivity contribution in [2.24, 2.45) is 0 Å². The van der Waals surface area contributed by atoms with E-state index in [2.05, 4.69) is 10.6 Å². The molecular weight excluding hydrogens is 402 g/mol. The van der Waals surface area contributed by atoms with Crippen molar-refractivity contribution in [1.29, 1.82) is 0 Å². The zero-order valence-corrected chi connectivity index (χ0v) is 17.4. The number of sulfonamides is 1. The number of aryl methyl sites for hydroxylation is 1. The highest BCUT2D eigenvalue weighted by molar-refractivity contribution is 7.89. The van der Waals surface area contributed by atoms with Gasteiger partial charge >= 0.3 is 0 Å². The summed E-state index contributed by atoms with van der Waals surface area (Å²) in [5.74, 6) is -1.03. The van der Waals surface area contributed by atoms with E-state index >= 15 is 0 Å². The van der Waals surface area contributed by atoms with E-state index in [4.69, 9.17) is 11.6 Å². The van der Waals surface area contributed by atoms with Crippen molar-refractivity contribution in [3.63, 3.8) is 0 Å². The molecule has 0 atom stereocenters. The summed E-state index contributed by atoms with van der Waals surface area (Å²) in [6.07, 6.45) is 0. The zero-order valence-electron chi connectivity index (χ0n) is 15.8. The van der Waals surface area contributed by atoms with Crippen LogP contribution < -0.4 is 10.6 Å². The average Bonchev–Trinajstić information content (AvgIpc) is 2.64. The number of amides is 2. The topological polar surface area (TPSA) is 95.6 Å². The summed E-state index contributed by atoms with van der Waals surface area (Å²) >= 11 is 6.00. The fourth-order valence-corrected chi connectivity index (χ4v) is 3.65. The molecule has 0 heterocycles. The lowest BCUT2D eigenvalue weighted by molar-refractivity contribution is -0.124. The summed E-state index contributed by atoms with van der Waals surface area (Å²) in [6, 6.07) is 11.4. The number of likely N-dealkylation sites (N-methyl/N-ethyl adjacent to an activating group) is 1. The first-order valence-corrected chi connectivity index (χ1v) is 10.3. The van der Waals surface area contributed by atoms with E-state index in [0.717, 1.165) is 9.87 Å². The van der Waals surface area contributed by atoms with Gasteiger partial charge in [0.25, 0.3) is 0 Å². The molecule has 7 nitrogen and oxygen atoms in total. The minimum absolute atomic E-state index is 0.0996. The summed E-state index contributed by atoms with van der Waals surface area (Å²) in [5.41, 5.74) is 2.19. The lowest BCUT2D eigenvalue weighted by Gasteiger charge is -2.17. The number of nitrogens with zero attached hydrogens (tertiary/aromatic N) is 1. The molecule has 0 spiro atoms. The Balaban J connectivity index is 1.90. The van der Waals surface area contributed by atoms with E-state index in [0.29, 0.717) is 16.3 Å². The van der Waals surface area contributed by atoms with Gasteiger partial charge in [0.05, 0.1) is 18.0 Å². The summed E-state index contributed by atoms with van der Waals surface area (Å²) in [6.45, 7) is 2.92. The van der Waals surface area contributed by atoms with Crippen molar-refractivity contribution in [2.75, 3.05) is 25.5 Å². The Morgan fingerprint density at radius 2 is 1.68 bits per heavy atom. The Kier molecular flexibility index (Phi) is 7.17. The van der Waals surface area contributed by atoms with E-state index < -0.39 is 28.4 Å². The summed E-state index contributed by atoms with van der Waals surface area (Å²) in [7, 11) is -2.48. The van der Waals surface area contributed by atoms with Crippen molar-refractivity contribution in [1.82, 2.24) is 9.62 Å². The first-order chi connectivity index (χ1) is 13.1. The van der Waals surface area contributed by atoms with Crippen LogP contribution in [0.15, 0.2) is 47.4 Å². The van der Waals surface area contributed by atoms with E-state index in [1.54, 1.807) is 37.3 Å². The Bertz CT molecular complexity index is 975. The highest BCUT2D eigenvalue weighted by Gasteiger charge is 2.23. The molecule has 0 aliphatic carbocycles. The number of hydrogen-bond acceptors (Lipinski definition) is 4. The molecule has 0 saturated carbocycles. The van der Waals surface area contributed by atoms with Gasteiger partial charge in [-0.1, -0.05) is 35.4 Å². The maximum atomic E-state index is 12.5. The second kappa shape index (κ2) is 9.18. The van der Waals surface area contributed by atoms with Crippen molar-refractivity contribution >= 4 is 39.1 Å². The maximum absolute atomic E-state index is 12.5. The third-order valence-electron chi connectivity index (χ3n) is 4.08. The quantitative estimate of drug-likeness (QED) is 0.714. The van der Waals surface area contributed by atoms with Gasteiger partial charge in [0.2, 0.25) is 21.8 Å². The van der Waals surface area contributed by atoms with Crippen LogP contribution in [0, 0.1) is 13.8 Å². The number of anilines is 1. The molecule has 150 valence electrons. The Morgan fingerprint density at radius 1 is 1.04 bits per heavy atom. The van der Waals surface area contributed by atoms with Gasteiger partial charge in [-0.25, -0.2) is 8.42 Å². The summed E-state index contributed by atoms with van der Waals surface area (Å²) in [4.78, 5) is 24.2. The number of rotatable bonds is 7.